The Morgan fingerprint density at radius 2 is 1.36 bits per heavy atom. The molecule has 0 bridgehead atoms. The second-order valence-corrected chi connectivity index (χ2v) is 25.9. The van der Waals surface area contributed by atoms with Crippen LogP contribution in [0.4, 0.5) is 33.6 Å². The molecule has 450 valence electrons. The van der Waals surface area contributed by atoms with Crippen LogP contribution in [0.3, 0.4) is 0 Å². The van der Waals surface area contributed by atoms with Crippen LogP contribution in [0.25, 0.3) is 37.7 Å². The third-order valence-corrected chi connectivity index (χ3v) is 16.7. The first-order valence-electron chi connectivity index (χ1n) is 23.0. The zero-order chi connectivity index (χ0) is 62.9. The first-order chi connectivity index (χ1) is 39.7. The lowest BCUT2D eigenvalue weighted by atomic mass is 10.1. The number of hydrogen-bond donors (Lipinski definition) is 6. The maximum atomic E-state index is 12.5. The van der Waals surface area contributed by atoms with E-state index in [1.807, 2.05) is 0 Å². The number of aliphatic hydroxyl groups excluding tert-OH is 1. The summed E-state index contributed by atoms with van der Waals surface area (Å²) in [5, 5.41) is 58.5. The third kappa shape index (κ3) is 17.4. The van der Waals surface area contributed by atoms with Crippen molar-refractivity contribution < 1.29 is 96.8 Å². The molecule has 0 aliphatic rings. The molecule has 0 saturated heterocycles. The Kier molecular flexibility index (Phi) is 21.4. The predicted octanol–water partition coefficient (Wildman–Crippen LogP) is 7.70. The van der Waals surface area contributed by atoms with Crippen molar-refractivity contribution in [2.24, 2.45) is 30.7 Å². The average Bonchev–Trinajstić information content (AvgIpc) is 1.78. The van der Waals surface area contributed by atoms with Crippen LogP contribution in [-0.2, 0) is 68.3 Å². The van der Waals surface area contributed by atoms with Gasteiger partial charge in [-0.2, -0.15) is 44.0 Å². The topological polar surface area (TPSA) is 507 Å². The SMILES string of the molecule is COc1ccc2c(c1)nc1c(C#N)c(C)c(N=Nc3cc(C)c(N=Nc4cc(CO)c(N=Nc5nc6c(S(=O)(=O)O)cc7ccc(S(=O)(=O)O)cc7c6s5)cc4SCCCS(=O)(=O)O)cc3OCCCS(=O)(=O)O)c(O)n12.O=S(=O)=O.O=S(=O)=O. The molecule has 40 heteroatoms. The molecule has 32 nitrogen and oxygen atoms in total. The summed E-state index contributed by atoms with van der Waals surface area (Å²) in [5.41, 5.74) is 1.84. The number of fused-ring (bicyclic) bond motifs is 6. The minimum Gasteiger partial charge on any atom is -0.497 e. The van der Waals surface area contributed by atoms with E-state index in [1.54, 1.807) is 32.0 Å². The van der Waals surface area contributed by atoms with E-state index in [9.17, 15) is 67.4 Å². The fourth-order valence-electron chi connectivity index (χ4n) is 7.64. The standard InChI is InChI=1S/C45H40N10O16S6.2O3S/c1-23-14-34(51-53-40-24(2)30(21-46)43-47-33-17-27(70-3)7-9-36(33)55(43)44(40)57)37(71-10-4-12-74(58,59)60)19-31(23)49-52-35-15-26(22-56)32(20-38(35)72-11-5-13-75(61,62)63)50-54-45-48-41-39(77(67,68)69)16-25-6-8-28(76(64,65)66)18-29(25)42(41)73-45;2*1-4(2)3/h6-9,14-20,56-57H,4-5,10-13,22H2,1-3H3,(H,58,59,60)(H,61,62,63)(H,64,65,66)(H,67,68,69);;. The number of aromatic nitrogens is 3. The van der Waals surface area contributed by atoms with Gasteiger partial charge in [-0.05, 0) is 91.9 Å². The number of rotatable bonds is 20. The molecule has 0 fully saturated rings. The number of thioether (sulfide) groups is 1. The first kappa shape index (κ1) is 66.2. The highest BCUT2D eigenvalue weighted by Crippen LogP contribution is 2.44. The van der Waals surface area contributed by atoms with Crippen LogP contribution in [0.2, 0.25) is 0 Å². The normalized spacial score (nSPS) is 12.2. The van der Waals surface area contributed by atoms with Gasteiger partial charge in [-0.15, -0.1) is 62.6 Å². The number of imidazole rings is 1. The number of hydrogen-bond acceptors (Lipinski definition) is 29. The molecule has 3 aromatic heterocycles. The number of aromatic hydroxyl groups is 1. The number of nitriles is 1. The molecule has 5 aromatic carbocycles. The zero-order valence-electron chi connectivity index (χ0n) is 43.3. The summed E-state index contributed by atoms with van der Waals surface area (Å²) in [6.07, 6.45) is -0.190. The Hall–Kier alpha value is -7.92. The Morgan fingerprint density at radius 1 is 0.729 bits per heavy atom. The van der Waals surface area contributed by atoms with Crippen molar-refractivity contribution in [3.63, 3.8) is 0 Å². The van der Waals surface area contributed by atoms with Gasteiger partial charge in [-0.1, -0.05) is 17.4 Å². The number of aliphatic hydroxyl groups is 1. The summed E-state index contributed by atoms with van der Waals surface area (Å²) in [6.45, 7) is 2.26. The van der Waals surface area contributed by atoms with Crippen molar-refractivity contribution in [3.05, 3.63) is 89.0 Å². The van der Waals surface area contributed by atoms with E-state index in [2.05, 4.69) is 46.7 Å². The summed E-state index contributed by atoms with van der Waals surface area (Å²) in [6, 6.07) is 17.2. The fourth-order valence-corrected chi connectivity index (χ4v) is 11.9. The quantitative estimate of drug-likeness (QED) is 0.0184. The van der Waals surface area contributed by atoms with Gasteiger partial charge in [0.15, 0.2) is 11.3 Å². The summed E-state index contributed by atoms with van der Waals surface area (Å²) in [5.74, 6) is -1.05. The van der Waals surface area contributed by atoms with Crippen molar-refractivity contribution in [3.8, 4) is 23.4 Å². The second kappa shape index (κ2) is 27.4. The summed E-state index contributed by atoms with van der Waals surface area (Å²) < 4.78 is 197. The van der Waals surface area contributed by atoms with Crippen LogP contribution < -0.4 is 9.47 Å². The minimum atomic E-state index is -4.90. The maximum Gasteiger partial charge on any atom is 0.425 e. The monoisotopic (exact) mass is 1330 g/mol. The lowest BCUT2D eigenvalue weighted by molar-refractivity contribution is 0.282. The highest BCUT2D eigenvalue weighted by Gasteiger charge is 2.24. The largest absolute Gasteiger partial charge is 0.497 e. The van der Waals surface area contributed by atoms with Gasteiger partial charge in [0.05, 0.1) is 69.5 Å². The summed E-state index contributed by atoms with van der Waals surface area (Å²) in [7, 11) is -23.0. The predicted molar refractivity (Wildman–Crippen MR) is 301 cm³/mol. The lowest BCUT2D eigenvalue weighted by Crippen LogP contribution is -2.08. The van der Waals surface area contributed by atoms with Crippen molar-refractivity contribution >= 4 is 156 Å². The molecular formula is C45H40N10O22S8. The third-order valence-electron chi connectivity index (χ3n) is 11.3. The van der Waals surface area contributed by atoms with Gasteiger partial charge in [0.2, 0.25) is 11.0 Å². The van der Waals surface area contributed by atoms with E-state index >= 15 is 0 Å². The van der Waals surface area contributed by atoms with Crippen LogP contribution in [0, 0.1) is 25.2 Å². The Labute approximate surface area is 491 Å². The average molecular weight is 1330 g/mol. The minimum absolute atomic E-state index is 0.0143. The van der Waals surface area contributed by atoms with E-state index in [0.717, 1.165) is 41.3 Å². The van der Waals surface area contributed by atoms with Crippen LogP contribution >= 0.6 is 23.1 Å². The molecule has 0 aliphatic heterocycles. The molecule has 0 aliphatic carbocycles. The van der Waals surface area contributed by atoms with Gasteiger partial charge in [-0.25, -0.2) is 9.97 Å². The number of methoxy groups -OCH3 is 1. The van der Waals surface area contributed by atoms with Gasteiger partial charge in [0, 0.05) is 33.5 Å². The molecule has 6 N–H and O–H groups in total. The Morgan fingerprint density at radius 3 is 1.98 bits per heavy atom. The number of aryl methyl sites for hydroxylation is 1. The smallest absolute Gasteiger partial charge is 0.425 e. The van der Waals surface area contributed by atoms with Crippen LogP contribution in [0.5, 0.6) is 17.4 Å². The molecule has 85 heavy (non-hydrogen) atoms. The van der Waals surface area contributed by atoms with Crippen LogP contribution in [0.1, 0.15) is 35.1 Å². The highest BCUT2D eigenvalue weighted by atomic mass is 32.2. The molecule has 0 spiro atoms. The van der Waals surface area contributed by atoms with E-state index in [0.29, 0.717) is 27.2 Å². The lowest BCUT2D eigenvalue weighted by Gasteiger charge is -2.12. The molecule has 0 saturated carbocycles. The van der Waals surface area contributed by atoms with Gasteiger partial charge < -0.3 is 19.7 Å². The van der Waals surface area contributed by atoms with Gasteiger partial charge in [0.25, 0.3) is 40.5 Å². The number of azo groups is 3. The van der Waals surface area contributed by atoms with Gasteiger partial charge in [0.1, 0.15) is 39.2 Å². The number of thiazole rings is 1. The van der Waals surface area contributed by atoms with Gasteiger partial charge >= 0.3 is 21.2 Å². The van der Waals surface area contributed by atoms with Gasteiger partial charge in [-0.3, -0.25) is 22.6 Å². The Balaban J connectivity index is 0.00000136. The molecule has 3 heterocycles. The first-order valence-corrected chi connectivity index (χ1v) is 32.9. The van der Waals surface area contributed by atoms with Crippen molar-refractivity contribution in [2.45, 2.75) is 48.0 Å². The van der Waals surface area contributed by atoms with Crippen molar-refractivity contribution in [2.75, 3.05) is 31.0 Å². The van der Waals surface area contributed by atoms with Crippen molar-refractivity contribution in [1.29, 1.82) is 5.26 Å². The number of benzene rings is 5. The molecular weight excluding hydrogens is 1290 g/mol. The maximum absolute atomic E-state index is 12.5. The van der Waals surface area contributed by atoms with Crippen LogP contribution in [-0.4, -0.2) is 133 Å². The van der Waals surface area contributed by atoms with E-state index < -0.39 is 95.5 Å². The Bertz CT molecular complexity index is 4800. The second-order valence-electron chi connectivity index (χ2n) is 17.0. The highest BCUT2D eigenvalue weighted by molar-refractivity contribution is 7.99. The summed E-state index contributed by atoms with van der Waals surface area (Å²) in [4.78, 5) is 7.95. The fraction of sp³-hybridized carbons (Fsp3) is 0.222. The molecule has 0 amide bonds. The molecule has 8 aromatic rings. The van der Waals surface area contributed by atoms with E-state index in [-0.39, 0.29) is 108 Å². The number of nitrogens with zero attached hydrogens (tertiary/aromatic N) is 10. The molecule has 0 atom stereocenters. The molecule has 0 radical (unpaired) electrons. The molecule has 8 rings (SSSR count). The number of ether oxygens (including phenoxy) is 2. The summed E-state index contributed by atoms with van der Waals surface area (Å²) >= 11 is 1.83. The van der Waals surface area contributed by atoms with Crippen molar-refractivity contribution in [1.82, 2.24) is 14.4 Å². The molecule has 0 unspecified atom stereocenters. The van der Waals surface area contributed by atoms with E-state index in [1.165, 1.54) is 41.8 Å². The van der Waals surface area contributed by atoms with E-state index in [4.69, 9.17) is 34.7 Å². The van der Waals surface area contributed by atoms with Crippen LogP contribution in [0.15, 0.2) is 112 Å². The number of pyridine rings is 1. The zero-order valence-corrected chi connectivity index (χ0v) is 49.8.